The van der Waals surface area contributed by atoms with E-state index in [0.29, 0.717) is 16.1 Å². The van der Waals surface area contributed by atoms with E-state index in [1.54, 1.807) is 6.07 Å². The van der Waals surface area contributed by atoms with E-state index in [4.69, 9.17) is 28.9 Å². The summed E-state index contributed by atoms with van der Waals surface area (Å²) in [5.41, 5.74) is 7.43. The predicted molar refractivity (Wildman–Crippen MR) is 81.1 cm³/mol. The lowest BCUT2D eigenvalue weighted by Gasteiger charge is -2.05. The molecule has 0 fully saturated rings. The van der Waals surface area contributed by atoms with Gasteiger partial charge in [0.05, 0.1) is 18.7 Å². The molecule has 0 spiro atoms. The lowest BCUT2D eigenvalue weighted by molar-refractivity contribution is 0.104. The highest BCUT2D eigenvalue weighted by Crippen LogP contribution is 2.34. The zero-order valence-electron chi connectivity index (χ0n) is 9.26. The third-order valence-corrected chi connectivity index (χ3v) is 5.31. The van der Waals surface area contributed by atoms with Crippen molar-refractivity contribution in [1.29, 1.82) is 0 Å². The van der Waals surface area contributed by atoms with Gasteiger partial charge in [0.15, 0.2) is 0 Å². The van der Waals surface area contributed by atoms with Gasteiger partial charge in [-0.25, -0.2) is 0 Å². The Kier molecular flexibility index (Phi) is 4.02. The van der Waals surface area contributed by atoms with Gasteiger partial charge in [0, 0.05) is 11.3 Å². The molecule has 2 rings (SSSR count). The van der Waals surface area contributed by atoms with Gasteiger partial charge in [-0.2, -0.15) is 0 Å². The van der Waals surface area contributed by atoms with Crippen LogP contribution in [0.1, 0.15) is 20.8 Å². The molecule has 0 amide bonds. The maximum absolute atomic E-state index is 12.3. The molecule has 0 atom stereocenters. The summed E-state index contributed by atoms with van der Waals surface area (Å²) in [6.07, 6.45) is 0. The fourth-order valence-corrected chi connectivity index (χ4v) is 3.39. The molecule has 2 aromatic rings. The van der Waals surface area contributed by atoms with Crippen LogP contribution in [0.4, 0.5) is 5.69 Å². The topological polar surface area (TPSA) is 43.1 Å². The minimum absolute atomic E-state index is 0.173. The van der Waals surface area contributed by atoms with Gasteiger partial charge in [-0.05, 0) is 46.6 Å². The number of nitrogens with two attached hydrogens (primary N) is 1. The van der Waals surface area contributed by atoms with E-state index < -0.39 is 0 Å². The molecular weight excluding hydrogens is 357 g/mol. The van der Waals surface area contributed by atoms with E-state index >= 15 is 0 Å². The van der Waals surface area contributed by atoms with Gasteiger partial charge in [0.2, 0.25) is 5.78 Å². The van der Waals surface area contributed by atoms with Crippen molar-refractivity contribution >= 4 is 61.9 Å². The number of hydrogen-bond donors (Lipinski definition) is 1. The molecule has 0 saturated carbocycles. The summed E-state index contributed by atoms with van der Waals surface area (Å²) >= 11 is 16.7. The molecular formula is C12H8BrCl2NOS. The molecule has 0 bridgehead atoms. The van der Waals surface area contributed by atoms with E-state index in [9.17, 15) is 4.79 Å². The number of benzene rings is 1. The van der Waals surface area contributed by atoms with E-state index in [1.807, 2.05) is 13.0 Å². The van der Waals surface area contributed by atoms with Crippen LogP contribution in [0.3, 0.4) is 0 Å². The predicted octanol–water partition coefficient (Wildman–Crippen LogP) is 4.94. The first-order valence-corrected chi connectivity index (χ1v) is 7.32. The molecule has 6 heteroatoms. The summed E-state index contributed by atoms with van der Waals surface area (Å²) in [5, 5.41) is 0.519. The lowest BCUT2D eigenvalue weighted by atomic mass is 10.1. The number of ketones is 1. The second-order valence-electron chi connectivity index (χ2n) is 3.76. The van der Waals surface area contributed by atoms with Crippen molar-refractivity contribution in [3.05, 3.63) is 48.0 Å². The SMILES string of the molecule is Cc1cc(C(=O)c2cc(N)cc(Cl)c2Cl)sc1Br. The fourth-order valence-electron chi connectivity index (χ4n) is 1.48. The van der Waals surface area contributed by atoms with E-state index in [-0.39, 0.29) is 15.8 Å². The van der Waals surface area contributed by atoms with Gasteiger partial charge < -0.3 is 5.73 Å². The smallest absolute Gasteiger partial charge is 0.204 e. The number of thiophene rings is 1. The number of halogens is 3. The van der Waals surface area contributed by atoms with Crippen LogP contribution < -0.4 is 5.73 Å². The Labute approximate surface area is 127 Å². The average Bonchev–Trinajstić information content (AvgIpc) is 2.63. The standard InChI is InChI=1S/C12H8BrCl2NOS/c1-5-2-9(18-12(5)13)11(17)7-3-6(16)4-8(14)10(7)15/h2-4H,16H2,1H3. The second-order valence-corrected chi connectivity index (χ2v) is 6.92. The summed E-state index contributed by atoms with van der Waals surface area (Å²) in [6, 6.07) is 4.88. The van der Waals surface area contributed by atoms with Crippen molar-refractivity contribution in [2.24, 2.45) is 0 Å². The van der Waals surface area contributed by atoms with Crippen LogP contribution in [0.25, 0.3) is 0 Å². The molecule has 0 unspecified atom stereocenters. The first-order valence-electron chi connectivity index (χ1n) is 4.95. The number of hydrogen-bond acceptors (Lipinski definition) is 3. The van der Waals surface area contributed by atoms with E-state index in [1.165, 1.54) is 17.4 Å². The van der Waals surface area contributed by atoms with Crippen molar-refractivity contribution < 1.29 is 4.79 Å². The summed E-state index contributed by atoms with van der Waals surface area (Å²) in [7, 11) is 0. The molecule has 0 aliphatic heterocycles. The summed E-state index contributed by atoms with van der Waals surface area (Å²) in [5.74, 6) is -0.173. The molecule has 0 saturated heterocycles. The minimum Gasteiger partial charge on any atom is -0.399 e. The first-order chi connectivity index (χ1) is 8.40. The highest BCUT2D eigenvalue weighted by Gasteiger charge is 2.18. The maximum Gasteiger partial charge on any atom is 0.204 e. The van der Waals surface area contributed by atoms with Gasteiger partial charge >= 0.3 is 0 Å². The highest BCUT2D eigenvalue weighted by molar-refractivity contribution is 9.11. The zero-order valence-corrected chi connectivity index (χ0v) is 13.2. The van der Waals surface area contributed by atoms with Crippen LogP contribution in [-0.2, 0) is 0 Å². The van der Waals surface area contributed by atoms with Gasteiger partial charge in [0.25, 0.3) is 0 Å². The Bertz CT molecular complexity index is 620. The molecule has 2 nitrogen and oxygen atoms in total. The Morgan fingerprint density at radius 2 is 2.00 bits per heavy atom. The van der Waals surface area contributed by atoms with Crippen LogP contribution >= 0.6 is 50.5 Å². The fraction of sp³-hybridized carbons (Fsp3) is 0.0833. The molecule has 1 heterocycles. The van der Waals surface area contributed by atoms with Gasteiger partial charge in [-0.15, -0.1) is 11.3 Å². The average molecular weight is 365 g/mol. The summed E-state index contributed by atoms with van der Waals surface area (Å²) in [4.78, 5) is 12.9. The van der Waals surface area contributed by atoms with Crippen molar-refractivity contribution in [3.8, 4) is 0 Å². The number of anilines is 1. The maximum atomic E-state index is 12.3. The quantitative estimate of drug-likeness (QED) is 0.605. The largest absolute Gasteiger partial charge is 0.399 e. The van der Waals surface area contributed by atoms with Crippen LogP contribution in [0.15, 0.2) is 22.0 Å². The molecule has 0 radical (unpaired) electrons. The lowest BCUT2D eigenvalue weighted by Crippen LogP contribution is -2.01. The van der Waals surface area contributed by atoms with Gasteiger partial charge in [-0.1, -0.05) is 23.2 Å². The van der Waals surface area contributed by atoms with Crippen molar-refractivity contribution in [1.82, 2.24) is 0 Å². The van der Waals surface area contributed by atoms with Crippen LogP contribution in [0.2, 0.25) is 10.0 Å². The number of carbonyl (C=O) groups is 1. The Balaban J connectivity index is 2.52. The molecule has 1 aromatic heterocycles. The zero-order chi connectivity index (χ0) is 13.4. The molecule has 94 valence electrons. The second kappa shape index (κ2) is 5.21. The normalized spacial score (nSPS) is 10.7. The Hall–Kier alpha value is -0.550. The first kappa shape index (κ1) is 13.9. The van der Waals surface area contributed by atoms with Gasteiger partial charge in [-0.3, -0.25) is 4.79 Å². The van der Waals surface area contributed by atoms with Crippen molar-refractivity contribution in [3.63, 3.8) is 0 Å². The Morgan fingerprint density at radius 3 is 2.56 bits per heavy atom. The monoisotopic (exact) mass is 363 g/mol. The summed E-state index contributed by atoms with van der Waals surface area (Å²) in [6.45, 7) is 1.92. The molecule has 1 aromatic carbocycles. The van der Waals surface area contributed by atoms with Crippen molar-refractivity contribution in [2.45, 2.75) is 6.92 Å². The highest BCUT2D eigenvalue weighted by atomic mass is 79.9. The van der Waals surface area contributed by atoms with Crippen LogP contribution in [0, 0.1) is 6.92 Å². The minimum atomic E-state index is -0.173. The summed E-state index contributed by atoms with van der Waals surface area (Å²) < 4.78 is 0.928. The van der Waals surface area contributed by atoms with Gasteiger partial charge in [0.1, 0.15) is 0 Å². The van der Waals surface area contributed by atoms with Crippen LogP contribution in [0.5, 0.6) is 0 Å². The van der Waals surface area contributed by atoms with Crippen LogP contribution in [-0.4, -0.2) is 5.78 Å². The number of nitrogen functional groups attached to an aromatic ring is 1. The van der Waals surface area contributed by atoms with Crippen molar-refractivity contribution in [2.75, 3.05) is 5.73 Å². The van der Waals surface area contributed by atoms with E-state index in [2.05, 4.69) is 15.9 Å². The molecule has 18 heavy (non-hydrogen) atoms. The third-order valence-electron chi connectivity index (χ3n) is 2.38. The van der Waals surface area contributed by atoms with E-state index in [0.717, 1.165) is 9.35 Å². The number of aryl methyl sites for hydroxylation is 1. The number of rotatable bonds is 2. The Morgan fingerprint density at radius 1 is 1.33 bits per heavy atom. The number of carbonyl (C=O) groups excluding carboxylic acids is 1. The molecule has 0 aliphatic rings. The third kappa shape index (κ3) is 2.57. The molecule has 2 N–H and O–H groups in total. The molecule has 0 aliphatic carbocycles.